The van der Waals surface area contributed by atoms with Crippen molar-refractivity contribution in [3.63, 3.8) is 0 Å². The van der Waals surface area contributed by atoms with E-state index < -0.39 is 0 Å². The van der Waals surface area contributed by atoms with Crippen molar-refractivity contribution in [3.8, 4) is 0 Å². The Morgan fingerprint density at radius 1 is 1.45 bits per heavy atom. The van der Waals surface area contributed by atoms with Crippen LogP contribution in [-0.4, -0.2) is 23.4 Å². The smallest absolute Gasteiger partial charge is 0.219 e. The second-order valence-electron chi connectivity index (χ2n) is 3.86. The molecule has 1 aliphatic carbocycles. The lowest BCUT2D eigenvalue weighted by Crippen LogP contribution is -2.33. The van der Waals surface area contributed by atoms with Gasteiger partial charge in [-0.3, -0.25) is 4.79 Å². The van der Waals surface area contributed by atoms with Crippen molar-refractivity contribution in [2.24, 2.45) is 5.92 Å². The number of likely N-dealkylation sites (tertiary alicyclic amines) is 1. The van der Waals surface area contributed by atoms with E-state index in [1.54, 1.807) is 6.92 Å². The van der Waals surface area contributed by atoms with Crippen molar-refractivity contribution in [2.75, 3.05) is 6.54 Å². The summed E-state index contributed by atoms with van der Waals surface area (Å²) in [5, 5.41) is 0. The minimum Gasteiger partial charge on any atom is -0.340 e. The summed E-state index contributed by atoms with van der Waals surface area (Å²) in [6, 6.07) is 0.603. The fourth-order valence-corrected chi connectivity index (χ4v) is 2.52. The van der Waals surface area contributed by atoms with Crippen LogP contribution in [0.3, 0.4) is 0 Å². The maximum absolute atomic E-state index is 11.1. The van der Waals surface area contributed by atoms with Gasteiger partial charge in [0.1, 0.15) is 0 Å². The number of amides is 1. The number of carbonyl (C=O) groups excluding carboxylic acids is 1. The van der Waals surface area contributed by atoms with Crippen LogP contribution >= 0.6 is 0 Å². The van der Waals surface area contributed by atoms with Gasteiger partial charge in [0.25, 0.3) is 0 Å². The zero-order valence-electron chi connectivity index (χ0n) is 7.05. The van der Waals surface area contributed by atoms with E-state index in [4.69, 9.17) is 0 Å². The lowest BCUT2D eigenvalue weighted by atomic mass is 9.90. The molecule has 0 aromatic heterocycles. The molecule has 62 valence electrons. The first-order valence-corrected chi connectivity index (χ1v) is 4.54. The van der Waals surface area contributed by atoms with Crippen LogP contribution in [0, 0.1) is 5.92 Å². The van der Waals surface area contributed by atoms with Crippen molar-refractivity contribution >= 4 is 5.91 Å². The first-order chi connectivity index (χ1) is 5.27. The Kier molecular flexibility index (Phi) is 1.63. The van der Waals surface area contributed by atoms with Crippen molar-refractivity contribution in [3.05, 3.63) is 0 Å². The zero-order valence-corrected chi connectivity index (χ0v) is 7.05. The molecule has 0 spiro atoms. The van der Waals surface area contributed by atoms with Crippen LogP contribution in [0.1, 0.15) is 32.6 Å². The van der Waals surface area contributed by atoms with Gasteiger partial charge in [-0.2, -0.15) is 0 Å². The first kappa shape index (κ1) is 7.14. The van der Waals surface area contributed by atoms with E-state index in [9.17, 15) is 4.79 Å². The van der Waals surface area contributed by atoms with Crippen LogP contribution < -0.4 is 0 Å². The molecule has 2 rings (SSSR count). The molecular formula is C9H15NO. The molecule has 2 aliphatic rings. The normalized spacial score (nSPS) is 35.9. The van der Waals surface area contributed by atoms with E-state index in [2.05, 4.69) is 4.90 Å². The maximum Gasteiger partial charge on any atom is 0.219 e. The summed E-state index contributed by atoms with van der Waals surface area (Å²) in [6.45, 7) is 2.74. The standard InChI is InChI=1S/C9H15NO/c1-7(11)10-6-8-3-2-4-9(10)5-8/h8-9H,2-6H2,1H3. The van der Waals surface area contributed by atoms with E-state index in [1.807, 2.05) is 0 Å². The lowest BCUT2D eigenvalue weighted by Gasteiger charge is -2.22. The Balaban J connectivity index is 2.08. The summed E-state index contributed by atoms with van der Waals surface area (Å²) < 4.78 is 0. The predicted octanol–water partition coefficient (Wildman–Crippen LogP) is 1.41. The highest BCUT2D eigenvalue weighted by molar-refractivity contribution is 5.74. The molecule has 2 fully saturated rings. The van der Waals surface area contributed by atoms with Gasteiger partial charge in [0, 0.05) is 19.5 Å². The van der Waals surface area contributed by atoms with Crippen molar-refractivity contribution in [2.45, 2.75) is 38.6 Å². The van der Waals surface area contributed by atoms with Gasteiger partial charge in [0.2, 0.25) is 5.91 Å². The second kappa shape index (κ2) is 2.50. The van der Waals surface area contributed by atoms with E-state index in [0.29, 0.717) is 6.04 Å². The third-order valence-corrected chi connectivity index (χ3v) is 3.06. The molecular weight excluding hydrogens is 138 g/mol. The van der Waals surface area contributed by atoms with E-state index >= 15 is 0 Å². The van der Waals surface area contributed by atoms with E-state index in [0.717, 1.165) is 12.5 Å². The van der Waals surface area contributed by atoms with Crippen LogP contribution in [0.2, 0.25) is 0 Å². The fraction of sp³-hybridized carbons (Fsp3) is 0.889. The molecule has 2 bridgehead atoms. The van der Waals surface area contributed by atoms with Crippen molar-refractivity contribution < 1.29 is 4.79 Å². The maximum atomic E-state index is 11.1. The molecule has 1 aliphatic heterocycles. The highest BCUT2D eigenvalue weighted by atomic mass is 16.2. The molecule has 0 aromatic carbocycles. The van der Waals surface area contributed by atoms with Crippen molar-refractivity contribution in [1.29, 1.82) is 0 Å². The highest BCUT2D eigenvalue weighted by Crippen LogP contribution is 2.35. The fourth-order valence-electron chi connectivity index (χ4n) is 2.52. The minimum atomic E-state index is 0.277. The molecule has 1 heterocycles. The van der Waals surface area contributed by atoms with Crippen LogP contribution in [0.4, 0.5) is 0 Å². The lowest BCUT2D eigenvalue weighted by molar-refractivity contribution is -0.129. The molecule has 0 N–H and O–H groups in total. The molecule has 2 nitrogen and oxygen atoms in total. The molecule has 0 aromatic rings. The summed E-state index contributed by atoms with van der Waals surface area (Å²) in [7, 11) is 0. The van der Waals surface area contributed by atoms with Gasteiger partial charge in [-0.15, -0.1) is 0 Å². The number of fused-ring (bicyclic) bond motifs is 2. The number of hydrogen-bond acceptors (Lipinski definition) is 1. The highest BCUT2D eigenvalue weighted by Gasteiger charge is 2.35. The summed E-state index contributed by atoms with van der Waals surface area (Å²) in [5.41, 5.74) is 0. The van der Waals surface area contributed by atoms with Gasteiger partial charge in [0.15, 0.2) is 0 Å². The average molecular weight is 153 g/mol. The van der Waals surface area contributed by atoms with Gasteiger partial charge < -0.3 is 4.90 Å². The van der Waals surface area contributed by atoms with Crippen LogP contribution in [0.5, 0.6) is 0 Å². The molecule has 1 saturated carbocycles. The summed E-state index contributed by atoms with van der Waals surface area (Å²) in [5.74, 6) is 1.11. The summed E-state index contributed by atoms with van der Waals surface area (Å²) in [4.78, 5) is 13.2. The Labute approximate surface area is 67.6 Å². The number of hydrogen-bond donors (Lipinski definition) is 0. The number of nitrogens with zero attached hydrogens (tertiary/aromatic N) is 1. The Morgan fingerprint density at radius 2 is 2.27 bits per heavy atom. The average Bonchev–Trinajstić information content (AvgIpc) is 2.27. The van der Waals surface area contributed by atoms with Gasteiger partial charge >= 0.3 is 0 Å². The van der Waals surface area contributed by atoms with Crippen molar-refractivity contribution in [1.82, 2.24) is 4.90 Å². The SMILES string of the molecule is CC(=O)N1CC2CCCC1C2. The van der Waals surface area contributed by atoms with Gasteiger partial charge in [-0.05, 0) is 25.2 Å². The molecule has 11 heavy (non-hydrogen) atoms. The molecule has 2 unspecified atom stereocenters. The Hall–Kier alpha value is -0.530. The third-order valence-electron chi connectivity index (χ3n) is 3.06. The molecule has 0 radical (unpaired) electrons. The van der Waals surface area contributed by atoms with Crippen LogP contribution in [0.25, 0.3) is 0 Å². The number of rotatable bonds is 0. The van der Waals surface area contributed by atoms with Gasteiger partial charge in [-0.25, -0.2) is 0 Å². The van der Waals surface area contributed by atoms with Gasteiger partial charge in [0.05, 0.1) is 0 Å². The largest absolute Gasteiger partial charge is 0.340 e. The summed E-state index contributed by atoms with van der Waals surface area (Å²) in [6.07, 6.45) is 5.20. The number of carbonyl (C=O) groups is 1. The third kappa shape index (κ3) is 1.15. The van der Waals surface area contributed by atoms with Crippen LogP contribution in [-0.2, 0) is 4.79 Å². The Bertz CT molecular complexity index is 178. The first-order valence-electron chi connectivity index (χ1n) is 4.54. The summed E-state index contributed by atoms with van der Waals surface area (Å²) >= 11 is 0. The Morgan fingerprint density at radius 3 is 2.91 bits per heavy atom. The minimum absolute atomic E-state index is 0.277. The van der Waals surface area contributed by atoms with Gasteiger partial charge in [-0.1, -0.05) is 6.42 Å². The quantitative estimate of drug-likeness (QED) is 0.515. The molecule has 2 heteroatoms. The predicted molar refractivity (Wildman–Crippen MR) is 43.1 cm³/mol. The zero-order chi connectivity index (χ0) is 7.84. The second-order valence-corrected chi connectivity index (χ2v) is 3.86. The monoisotopic (exact) mass is 153 g/mol. The van der Waals surface area contributed by atoms with E-state index in [-0.39, 0.29) is 5.91 Å². The topological polar surface area (TPSA) is 20.3 Å². The van der Waals surface area contributed by atoms with Crippen LogP contribution in [0.15, 0.2) is 0 Å². The van der Waals surface area contributed by atoms with E-state index in [1.165, 1.54) is 25.7 Å². The molecule has 2 atom stereocenters. The molecule has 1 saturated heterocycles. The molecule has 1 amide bonds.